The van der Waals surface area contributed by atoms with Crippen LogP contribution in [0.25, 0.3) is 0 Å². The second-order valence-corrected chi connectivity index (χ2v) is 5.47. The molecule has 6 heteroatoms. The summed E-state index contributed by atoms with van der Waals surface area (Å²) in [6.07, 6.45) is 3.84. The Bertz CT molecular complexity index is 650. The second-order valence-electron chi connectivity index (χ2n) is 5.47. The minimum absolute atomic E-state index is 0.678. The van der Waals surface area contributed by atoms with E-state index in [1.54, 1.807) is 7.05 Å². The van der Waals surface area contributed by atoms with Crippen LogP contribution in [0.3, 0.4) is 0 Å². The van der Waals surface area contributed by atoms with Crippen LogP contribution >= 0.6 is 0 Å². The van der Waals surface area contributed by atoms with Crippen molar-refractivity contribution in [1.29, 1.82) is 0 Å². The van der Waals surface area contributed by atoms with Crippen LogP contribution in [0.15, 0.2) is 41.7 Å². The van der Waals surface area contributed by atoms with E-state index in [0.717, 1.165) is 38.0 Å². The summed E-state index contributed by atoms with van der Waals surface area (Å²) < 4.78 is 7.45. The number of aliphatic imine (C=N–C) groups is 1. The lowest BCUT2D eigenvalue weighted by Crippen LogP contribution is -2.38. The van der Waals surface area contributed by atoms with Crippen molar-refractivity contribution in [1.82, 2.24) is 20.2 Å². The largest absolute Gasteiger partial charge is 0.380 e. The van der Waals surface area contributed by atoms with Crippen molar-refractivity contribution in [2.45, 2.75) is 26.9 Å². The minimum atomic E-state index is 0.678. The highest BCUT2D eigenvalue weighted by Gasteiger charge is 2.02. The first-order chi connectivity index (χ1) is 11.7. The monoisotopic (exact) mass is 329 g/mol. The Morgan fingerprint density at radius 2 is 2.12 bits per heavy atom. The first kappa shape index (κ1) is 18.0. The molecule has 0 amide bonds. The fourth-order valence-corrected chi connectivity index (χ4v) is 2.40. The summed E-state index contributed by atoms with van der Waals surface area (Å²) in [5.41, 5.74) is 2.48. The van der Waals surface area contributed by atoms with Gasteiger partial charge in [0.05, 0.1) is 6.61 Å². The maximum absolute atomic E-state index is 5.31. The van der Waals surface area contributed by atoms with Crippen molar-refractivity contribution < 1.29 is 4.74 Å². The van der Waals surface area contributed by atoms with Gasteiger partial charge in [-0.05, 0) is 25.0 Å². The molecule has 24 heavy (non-hydrogen) atoms. The molecule has 0 saturated heterocycles. The van der Waals surface area contributed by atoms with Crippen LogP contribution in [0, 0.1) is 6.92 Å². The fourth-order valence-electron chi connectivity index (χ4n) is 2.40. The van der Waals surface area contributed by atoms with Gasteiger partial charge >= 0.3 is 0 Å². The molecule has 1 heterocycles. The SMILES string of the molecule is CCOCCNC(=NC)NCc1cccc(Cn2ccnc2C)c1. The summed E-state index contributed by atoms with van der Waals surface area (Å²) >= 11 is 0. The number of aryl methyl sites for hydroxylation is 1. The van der Waals surface area contributed by atoms with Crippen LogP contribution in [-0.2, 0) is 17.8 Å². The summed E-state index contributed by atoms with van der Waals surface area (Å²) in [5, 5.41) is 6.56. The Kier molecular flexibility index (Phi) is 7.29. The van der Waals surface area contributed by atoms with Crippen molar-refractivity contribution in [2.24, 2.45) is 4.99 Å². The molecule has 2 N–H and O–H groups in total. The molecular weight excluding hydrogens is 302 g/mol. The van der Waals surface area contributed by atoms with Crippen LogP contribution in [-0.4, -0.2) is 42.3 Å². The third kappa shape index (κ3) is 5.70. The Labute approximate surface area is 144 Å². The number of guanidine groups is 1. The molecule has 0 radical (unpaired) electrons. The third-order valence-electron chi connectivity index (χ3n) is 3.69. The molecule has 0 aliphatic carbocycles. The summed E-state index contributed by atoms with van der Waals surface area (Å²) in [4.78, 5) is 8.49. The van der Waals surface area contributed by atoms with E-state index in [1.165, 1.54) is 11.1 Å². The first-order valence-corrected chi connectivity index (χ1v) is 8.30. The Hall–Kier alpha value is -2.34. The lowest BCUT2D eigenvalue weighted by molar-refractivity contribution is 0.152. The number of hydrogen-bond donors (Lipinski definition) is 2. The van der Waals surface area contributed by atoms with Gasteiger partial charge in [-0.15, -0.1) is 0 Å². The van der Waals surface area contributed by atoms with Gasteiger partial charge in [0.1, 0.15) is 5.82 Å². The van der Waals surface area contributed by atoms with Gasteiger partial charge < -0.3 is 19.9 Å². The summed E-state index contributed by atoms with van der Waals surface area (Å²) in [5.74, 6) is 1.81. The van der Waals surface area contributed by atoms with E-state index in [-0.39, 0.29) is 0 Å². The molecule has 2 rings (SSSR count). The van der Waals surface area contributed by atoms with Gasteiger partial charge in [0, 0.05) is 45.7 Å². The molecule has 0 aliphatic heterocycles. The molecule has 1 aromatic heterocycles. The number of rotatable bonds is 8. The Balaban J connectivity index is 1.86. The third-order valence-corrected chi connectivity index (χ3v) is 3.69. The van der Waals surface area contributed by atoms with E-state index in [0.29, 0.717) is 6.61 Å². The van der Waals surface area contributed by atoms with E-state index in [4.69, 9.17) is 4.74 Å². The van der Waals surface area contributed by atoms with E-state index >= 15 is 0 Å². The molecule has 0 atom stereocenters. The van der Waals surface area contributed by atoms with Gasteiger partial charge in [-0.2, -0.15) is 0 Å². The number of aromatic nitrogens is 2. The van der Waals surface area contributed by atoms with Crippen LogP contribution < -0.4 is 10.6 Å². The molecule has 2 aromatic rings. The number of imidazole rings is 1. The van der Waals surface area contributed by atoms with Gasteiger partial charge in [-0.1, -0.05) is 24.3 Å². The zero-order chi connectivity index (χ0) is 17.2. The van der Waals surface area contributed by atoms with Gasteiger partial charge in [0.25, 0.3) is 0 Å². The van der Waals surface area contributed by atoms with E-state index in [2.05, 4.69) is 49.4 Å². The van der Waals surface area contributed by atoms with Crippen LogP contribution in [0.5, 0.6) is 0 Å². The van der Waals surface area contributed by atoms with Crippen LogP contribution in [0.2, 0.25) is 0 Å². The lowest BCUT2D eigenvalue weighted by atomic mass is 10.1. The zero-order valence-electron chi connectivity index (χ0n) is 14.7. The number of ether oxygens (including phenoxy) is 1. The highest BCUT2D eigenvalue weighted by Crippen LogP contribution is 2.08. The number of hydrogen-bond acceptors (Lipinski definition) is 3. The van der Waals surface area contributed by atoms with Crippen molar-refractivity contribution in [3.63, 3.8) is 0 Å². The van der Waals surface area contributed by atoms with Crippen molar-refractivity contribution >= 4 is 5.96 Å². The van der Waals surface area contributed by atoms with Crippen molar-refractivity contribution in [3.05, 3.63) is 53.6 Å². The molecular formula is C18H27N5O. The molecule has 130 valence electrons. The second kappa shape index (κ2) is 9.72. The molecule has 0 bridgehead atoms. The van der Waals surface area contributed by atoms with Gasteiger partial charge in [0.15, 0.2) is 5.96 Å². The first-order valence-electron chi connectivity index (χ1n) is 8.30. The average molecular weight is 329 g/mol. The topological polar surface area (TPSA) is 63.5 Å². The number of benzene rings is 1. The van der Waals surface area contributed by atoms with E-state index in [1.807, 2.05) is 26.2 Å². The molecule has 6 nitrogen and oxygen atoms in total. The van der Waals surface area contributed by atoms with E-state index < -0.39 is 0 Å². The minimum Gasteiger partial charge on any atom is -0.380 e. The highest BCUT2D eigenvalue weighted by atomic mass is 16.5. The predicted octanol–water partition coefficient (Wildman–Crippen LogP) is 1.94. The van der Waals surface area contributed by atoms with Crippen LogP contribution in [0.1, 0.15) is 23.9 Å². The fraction of sp³-hybridized carbons (Fsp3) is 0.444. The number of nitrogens with zero attached hydrogens (tertiary/aromatic N) is 3. The molecule has 0 saturated carbocycles. The number of nitrogens with one attached hydrogen (secondary N) is 2. The highest BCUT2D eigenvalue weighted by molar-refractivity contribution is 5.79. The zero-order valence-corrected chi connectivity index (χ0v) is 14.7. The van der Waals surface area contributed by atoms with Crippen molar-refractivity contribution in [2.75, 3.05) is 26.8 Å². The predicted molar refractivity (Wildman–Crippen MR) is 97.2 cm³/mol. The summed E-state index contributed by atoms with van der Waals surface area (Å²) in [7, 11) is 1.77. The summed E-state index contributed by atoms with van der Waals surface area (Å²) in [6.45, 7) is 7.72. The van der Waals surface area contributed by atoms with E-state index in [9.17, 15) is 0 Å². The molecule has 0 spiro atoms. The molecule has 1 aromatic carbocycles. The van der Waals surface area contributed by atoms with Gasteiger partial charge in [-0.3, -0.25) is 4.99 Å². The Morgan fingerprint density at radius 1 is 1.29 bits per heavy atom. The Morgan fingerprint density at radius 3 is 2.83 bits per heavy atom. The molecule has 0 aliphatic rings. The van der Waals surface area contributed by atoms with Crippen molar-refractivity contribution in [3.8, 4) is 0 Å². The quantitative estimate of drug-likeness (QED) is 0.441. The lowest BCUT2D eigenvalue weighted by Gasteiger charge is -2.13. The maximum Gasteiger partial charge on any atom is 0.191 e. The van der Waals surface area contributed by atoms with Crippen LogP contribution in [0.4, 0.5) is 0 Å². The smallest absolute Gasteiger partial charge is 0.191 e. The normalized spacial score (nSPS) is 11.5. The average Bonchev–Trinajstić information content (AvgIpc) is 2.99. The maximum atomic E-state index is 5.31. The molecule has 0 unspecified atom stereocenters. The van der Waals surface area contributed by atoms with Gasteiger partial charge in [0.2, 0.25) is 0 Å². The summed E-state index contributed by atoms with van der Waals surface area (Å²) in [6, 6.07) is 8.55. The molecule has 0 fully saturated rings. The van der Waals surface area contributed by atoms with Gasteiger partial charge in [-0.25, -0.2) is 4.98 Å². The standard InChI is InChI=1S/C18H27N5O/c1-4-24-11-9-21-18(19-3)22-13-16-6-5-7-17(12-16)14-23-10-8-20-15(23)2/h5-8,10,12H,4,9,11,13-14H2,1-3H3,(H2,19,21,22).